The largest absolute Gasteiger partial charge is 0.452 e. The molecule has 0 unspecified atom stereocenters. The lowest BCUT2D eigenvalue weighted by Crippen LogP contribution is -1.93. The van der Waals surface area contributed by atoms with Crippen molar-refractivity contribution in [3.05, 3.63) is 47.2 Å². The van der Waals surface area contributed by atoms with Crippen LogP contribution in [-0.2, 0) is 0 Å². The lowest BCUT2D eigenvalue weighted by atomic mass is 10.2. The predicted octanol–water partition coefficient (Wildman–Crippen LogP) is 3.95. The van der Waals surface area contributed by atoms with Crippen LogP contribution >= 0.6 is 15.9 Å². The fourth-order valence-electron chi connectivity index (χ4n) is 1.40. The average molecular weight is 265 g/mol. The Balaban J connectivity index is 2.51. The van der Waals surface area contributed by atoms with Crippen LogP contribution < -0.4 is 0 Å². The molecule has 2 aromatic rings. The molecule has 0 saturated heterocycles. The van der Waals surface area contributed by atoms with Crippen LogP contribution in [0, 0.1) is 0 Å². The number of ketones is 1. The molecule has 0 radical (unpaired) electrons. The molecule has 0 atom stereocenters. The number of furan rings is 1. The van der Waals surface area contributed by atoms with Crippen molar-refractivity contribution in [1.29, 1.82) is 0 Å². The Morgan fingerprint density at radius 2 is 2.33 bits per heavy atom. The molecule has 2 nitrogen and oxygen atoms in total. The number of fused-ring (bicyclic) bond motifs is 1. The summed E-state index contributed by atoms with van der Waals surface area (Å²) >= 11 is 3.37. The second-order valence-corrected chi connectivity index (χ2v) is 4.04. The predicted molar refractivity (Wildman–Crippen MR) is 63.1 cm³/mol. The van der Waals surface area contributed by atoms with Gasteiger partial charge in [0.2, 0.25) is 5.78 Å². The molecule has 0 aliphatic carbocycles. The van der Waals surface area contributed by atoms with E-state index < -0.39 is 0 Å². The number of hydrogen-bond donors (Lipinski definition) is 0. The third kappa shape index (κ3) is 1.88. The van der Waals surface area contributed by atoms with Crippen molar-refractivity contribution in [2.45, 2.75) is 6.42 Å². The third-order valence-corrected chi connectivity index (χ3v) is 2.73. The highest BCUT2D eigenvalue weighted by molar-refractivity contribution is 9.10. The first-order valence-corrected chi connectivity index (χ1v) is 5.34. The Morgan fingerprint density at radius 1 is 1.53 bits per heavy atom. The number of hydrogen-bond acceptors (Lipinski definition) is 2. The van der Waals surface area contributed by atoms with Gasteiger partial charge in [0.1, 0.15) is 5.58 Å². The normalized spacial score (nSPS) is 10.5. The van der Waals surface area contributed by atoms with Crippen molar-refractivity contribution >= 4 is 32.7 Å². The van der Waals surface area contributed by atoms with E-state index in [0.29, 0.717) is 17.8 Å². The summed E-state index contributed by atoms with van der Waals surface area (Å²) < 4.78 is 6.33. The zero-order chi connectivity index (χ0) is 10.8. The molecule has 3 heteroatoms. The number of carbonyl (C=O) groups excluding carboxylic acids is 1. The maximum atomic E-state index is 11.5. The van der Waals surface area contributed by atoms with Gasteiger partial charge in [0.05, 0.1) is 4.47 Å². The molecule has 0 aliphatic rings. The third-order valence-electron chi connectivity index (χ3n) is 2.10. The highest BCUT2D eigenvalue weighted by Gasteiger charge is 2.11. The number of carbonyl (C=O) groups is 1. The minimum atomic E-state index is -0.0481. The van der Waals surface area contributed by atoms with Gasteiger partial charge in [-0.2, -0.15) is 0 Å². The summed E-state index contributed by atoms with van der Waals surface area (Å²) in [6, 6.07) is 7.46. The van der Waals surface area contributed by atoms with Crippen LogP contribution in [0.5, 0.6) is 0 Å². The van der Waals surface area contributed by atoms with E-state index >= 15 is 0 Å². The molecule has 2 rings (SSSR count). The highest BCUT2D eigenvalue weighted by Crippen LogP contribution is 2.27. The van der Waals surface area contributed by atoms with Crippen LogP contribution in [0.25, 0.3) is 11.0 Å². The Kier molecular flexibility index (Phi) is 2.73. The first-order chi connectivity index (χ1) is 7.22. The molecule has 1 heterocycles. The quantitative estimate of drug-likeness (QED) is 0.621. The van der Waals surface area contributed by atoms with Gasteiger partial charge < -0.3 is 4.42 Å². The molecule has 0 fully saturated rings. The molecule has 0 amide bonds. The van der Waals surface area contributed by atoms with Crippen molar-refractivity contribution in [3.8, 4) is 0 Å². The van der Waals surface area contributed by atoms with E-state index in [0.717, 1.165) is 9.86 Å². The number of rotatable bonds is 3. The summed E-state index contributed by atoms with van der Waals surface area (Å²) in [5.41, 5.74) is 0.713. The summed E-state index contributed by atoms with van der Waals surface area (Å²) in [4.78, 5) is 11.5. The fourth-order valence-corrected chi connectivity index (χ4v) is 1.86. The standard InChI is InChI=1S/C12H9BrO2/c1-2-4-10(14)11-7-8-5-3-6-9(13)12(8)15-11/h2-3,5-7H,1,4H2. The molecule has 15 heavy (non-hydrogen) atoms. The molecule has 1 aromatic carbocycles. The van der Waals surface area contributed by atoms with E-state index in [4.69, 9.17) is 4.42 Å². The maximum absolute atomic E-state index is 11.5. The summed E-state index contributed by atoms with van der Waals surface area (Å²) in [5, 5.41) is 0.928. The molecule has 0 aliphatic heterocycles. The topological polar surface area (TPSA) is 30.2 Å². The summed E-state index contributed by atoms with van der Waals surface area (Å²) in [7, 11) is 0. The maximum Gasteiger partial charge on any atom is 0.201 e. The van der Waals surface area contributed by atoms with Gasteiger partial charge >= 0.3 is 0 Å². The van der Waals surface area contributed by atoms with E-state index in [2.05, 4.69) is 22.5 Å². The monoisotopic (exact) mass is 264 g/mol. The second kappa shape index (κ2) is 4.03. The van der Waals surface area contributed by atoms with Gasteiger partial charge in [-0.25, -0.2) is 0 Å². The summed E-state index contributed by atoms with van der Waals surface area (Å²) in [5.74, 6) is 0.338. The SMILES string of the molecule is C=CCC(=O)c1cc2cccc(Br)c2o1. The van der Waals surface area contributed by atoms with Gasteiger partial charge in [0.25, 0.3) is 0 Å². The van der Waals surface area contributed by atoms with E-state index in [9.17, 15) is 4.79 Å². The van der Waals surface area contributed by atoms with Gasteiger partial charge in [-0.15, -0.1) is 6.58 Å². The smallest absolute Gasteiger partial charge is 0.201 e. The van der Waals surface area contributed by atoms with Crippen molar-refractivity contribution in [3.63, 3.8) is 0 Å². The molecule has 0 spiro atoms. The molecule has 1 aromatic heterocycles. The average Bonchev–Trinajstić information content (AvgIpc) is 2.63. The summed E-state index contributed by atoms with van der Waals surface area (Å²) in [6.07, 6.45) is 1.88. The number of Topliss-reactive ketones (excluding diaryl/α,β-unsaturated/α-hetero) is 1. The zero-order valence-electron chi connectivity index (χ0n) is 8.00. The van der Waals surface area contributed by atoms with Crippen LogP contribution in [0.2, 0.25) is 0 Å². The van der Waals surface area contributed by atoms with Gasteiger partial charge in [0, 0.05) is 11.8 Å². The Bertz CT molecular complexity index is 525. The summed E-state index contributed by atoms with van der Waals surface area (Å²) in [6.45, 7) is 3.53. The Labute approximate surface area is 95.7 Å². The number of halogens is 1. The molecular weight excluding hydrogens is 256 g/mol. The Morgan fingerprint density at radius 3 is 3.00 bits per heavy atom. The number of allylic oxidation sites excluding steroid dienone is 1. The Hall–Kier alpha value is -1.35. The van der Waals surface area contributed by atoms with Gasteiger partial charge in [-0.05, 0) is 28.1 Å². The van der Waals surface area contributed by atoms with E-state index in [1.807, 2.05) is 18.2 Å². The van der Waals surface area contributed by atoms with Crippen LogP contribution in [-0.4, -0.2) is 5.78 Å². The van der Waals surface area contributed by atoms with Crippen LogP contribution in [0.4, 0.5) is 0 Å². The molecule has 0 bridgehead atoms. The van der Waals surface area contributed by atoms with Crippen molar-refractivity contribution in [1.82, 2.24) is 0 Å². The lowest BCUT2D eigenvalue weighted by molar-refractivity contribution is 0.0971. The molecule has 76 valence electrons. The van der Waals surface area contributed by atoms with E-state index in [1.165, 1.54) is 0 Å². The molecule has 0 saturated carbocycles. The number of benzene rings is 1. The van der Waals surface area contributed by atoms with Crippen molar-refractivity contribution in [2.24, 2.45) is 0 Å². The minimum absolute atomic E-state index is 0.0481. The van der Waals surface area contributed by atoms with Crippen molar-refractivity contribution < 1.29 is 9.21 Å². The van der Waals surface area contributed by atoms with Crippen molar-refractivity contribution in [2.75, 3.05) is 0 Å². The first kappa shape index (κ1) is 10.2. The van der Waals surface area contributed by atoms with Crippen LogP contribution in [0.15, 0.2) is 45.8 Å². The first-order valence-electron chi connectivity index (χ1n) is 4.54. The second-order valence-electron chi connectivity index (χ2n) is 3.18. The van der Waals surface area contributed by atoms with Crippen LogP contribution in [0.3, 0.4) is 0 Å². The highest BCUT2D eigenvalue weighted by atomic mass is 79.9. The lowest BCUT2D eigenvalue weighted by Gasteiger charge is -1.91. The minimum Gasteiger partial charge on any atom is -0.452 e. The van der Waals surface area contributed by atoms with Crippen LogP contribution in [0.1, 0.15) is 17.0 Å². The van der Waals surface area contributed by atoms with E-state index in [-0.39, 0.29) is 5.78 Å². The zero-order valence-corrected chi connectivity index (χ0v) is 9.58. The molecular formula is C12H9BrO2. The van der Waals surface area contributed by atoms with Gasteiger partial charge in [-0.1, -0.05) is 18.2 Å². The molecule has 0 N–H and O–H groups in total. The fraction of sp³-hybridized carbons (Fsp3) is 0.0833. The van der Waals surface area contributed by atoms with Gasteiger partial charge in [-0.3, -0.25) is 4.79 Å². The van der Waals surface area contributed by atoms with Gasteiger partial charge in [0.15, 0.2) is 5.76 Å². The van der Waals surface area contributed by atoms with E-state index in [1.54, 1.807) is 12.1 Å². The number of para-hydroxylation sites is 1.